The van der Waals surface area contributed by atoms with Gasteiger partial charge < -0.3 is 13.9 Å². The summed E-state index contributed by atoms with van der Waals surface area (Å²) < 4.78 is 16.6. The number of hydrogen-bond donors (Lipinski definition) is 0. The Labute approximate surface area is 170 Å². The van der Waals surface area contributed by atoms with Crippen LogP contribution in [0.5, 0.6) is 5.75 Å². The molecule has 0 bridgehead atoms. The number of carbonyl (C=O) groups is 1. The zero-order valence-corrected chi connectivity index (χ0v) is 17.7. The minimum Gasteiger partial charge on any atom is -0.471 e. The lowest BCUT2D eigenvalue weighted by Crippen LogP contribution is -2.27. The average Bonchev–Trinajstić information content (AvgIpc) is 2.68. The predicted octanol–water partition coefficient (Wildman–Crippen LogP) is 5.01. The van der Waals surface area contributed by atoms with Gasteiger partial charge in [0.25, 0.3) is 0 Å². The number of rotatable bonds is 4. The molecule has 2 aromatic carbocycles. The summed E-state index contributed by atoms with van der Waals surface area (Å²) >= 11 is 0. The zero-order chi connectivity index (χ0) is 21.3. The van der Waals surface area contributed by atoms with Crippen LogP contribution in [0, 0.1) is 6.92 Å². The highest BCUT2D eigenvalue weighted by Crippen LogP contribution is 2.33. The Hall–Kier alpha value is -3.08. The molecule has 1 atom stereocenters. The summed E-state index contributed by atoms with van der Waals surface area (Å²) in [6.45, 7) is 9.87. The second kappa shape index (κ2) is 7.74. The lowest BCUT2D eigenvalue weighted by Gasteiger charge is -2.19. The van der Waals surface area contributed by atoms with E-state index in [2.05, 4.69) is 20.8 Å². The molecule has 0 amide bonds. The molecule has 152 valence electrons. The Balaban J connectivity index is 2.21. The molecule has 0 aliphatic rings. The van der Waals surface area contributed by atoms with E-state index in [0.717, 1.165) is 11.1 Å². The molecule has 1 heterocycles. The quantitative estimate of drug-likeness (QED) is 0.582. The van der Waals surface area contributed by atoms with E-state index in [4.69, 9.17) is 13.9 Å². The molecule has 1 unspecified atom stereocenters. The number of methoxy groups -OCH3 is 1. The average molecular weight is 394 g/mol. The fraction of sp³-hybridized carbons (Fsp3) is 0.333. The van der Waals surface area contributed by atoms with E-state index in [0.29, 0.717) is 22.3 Å². The number of esters is 1. The van der Waals surface area contributed by atoms with Gasteiger partial charge >= 0.3 is 5.97 Å². The minimum absolute atomic E-state index is 0.00140. The highest BCUT2D eigenvalue weighted by molar-refractivity contribution is 5.83. The molecule has 29 heavy (non-hydrogen) atoms. The van der Waals surface area contributed by atoms with E-state index in [1.807, 2.05) is 43.3 Å². The third kappa shape index (κ3) is 4.19. The van der Waals surface area contributed by atoms with Gasteiger partial charge in [-0.1, -0.05) is 51.1 Å². The van der Waals surface area contributed by atoms with E-state index in [1.54, 1.807) is 6.07 Å². The molecule has 0 saturated heterocycles. The topological polar surface area (TPSA) is 65.7 Å². The molecular weight excluding hydrogens is 368 g/mol. The van der Waals surface area contributed by atoms with Gasteiger partial charge in [0.15, 0.2) is 11.9 Å². The van der Waals surface area contributed by atoms with Crippen LogP contribution in [0.1, 0.15) is 38.8 Å². The van der Waals surface area contributed by atoms with Crippen LogP contribution < -0.4 is 10.2 Å². The molecule has 0 spiro atoms. The molecule has 3 aromatic rings. The van der Waals surface area contributed by atoms with E-state index < -0.39 is 12.1 Å². The second-order valence-corrected chi connectivity index (χ2v) is 8.20. The first-order valence-corrected chi connectivity index (χ1v) is 9.54. The van der Waals surface area contributed by atoms with Crippen molar-refractivity contribution in [1.82, 2.24) is 0 Å². The highest BCUT2D eigenvalue weighted by atomic mass is 16.6. The summed E-state index contributed by atoms with van der Waals surface area (Å²) in [5, 5.41) is 0.401. The van der Waals surface area contributed by atoms with Crippen molar-refractivity contribution in [2.45, 2.75) is 46.1 Å². The van der Waals surface area contributed by atoms with Crippen molar-refractivity contribution >= 4 is 16.9 Å². The van der Waals surface area contributed by atoms with Crippen molar-refractivity contribution in [2.75, 3.05) is 7.11 Å². The van der Waals surface area contributed by atoms with Crippen molar-refractivity contribution in [1.29, 1.82) is 0 Å². The normalized spacial score (nSPS) is 12.6. The maximum absolute atomic E-state index is 13.2. The number of carbonyl (C=O) groups excluding carboxylic acids is 1. The summed E-state index contributed by atoms with van der Waals surface area (Å²) in [4.78, 5) is 25.0. The van der Waals surface area contributed by atoms with Gasteiger partial charge in [0.2, 0.25) is 11.2 Å². The van der Waals surface area contributed by atoms with Gasteiger partial charge in [-0.05, 0) is 42.5 Å². The lowest BCUT2D eigenvalue weighted by atomic mass is 9.86. The van der Waals surface area contributed by atoms with Crippen LogP contribution in [0.4, 0.5) is 0 Å². The van der Waals surface area contributed by atoms with Gasteiger partial charge in [-0.25, -0.2) is 4.79 Å². The Morgan fingerprint density at radius 3 is 2.31 bits per heavy atom. The summed E-state index contributed by atoms with van der Waals surface area (Å²) in [7, 11) is 1.28. The third-order valence-corrected chi connectivity index (χ3v) is 4.85. The SMILES string of the molecule is COC(=O)C(C)Oc1c(-c2ccc(C(C)(C)C)cc2)oc2cc(C)ccc2c1=O. The first-order chi connectivity index (χ1) is 13.6. The highest BCUT2D eigenvalue weighted by Gasteiger charge is 2.24. The van der Waals surface area contributed by atoms with Crippen LogP contribution in [0.15, 0.2) is 51.7 Å². The molecule has 1 aromatic heterocycles. The van der Waals surface area contributed by atoms with Gasteiger partial charge in [-0.15, -0.1) is 0 Å². The summed E-state index contributed by atoms with van der Waals surface area (Å²) in [6, 6.07) is 13.2. The number of benzene rings is 2. The van der Waals surface area contributed by atoms with Crippen molar-refractivity contribution < 1.29 is 18.7 Å². The van der Waals surface area contributed by atoms with Gasteiger partial charge in [-0.3, -0.25) is 4.79 Å². The molecule has 0 saturated carbocycles. The van der Waals surface area contributed by atoms with Crippen LogP contribution in [-0.2, 0) is 14.9 Å². The van der Waals surface area contributed by atoms with Crippen molar-refractivity contribution in [3.63, 3.8) is 0 Å². The van der Waals surface area contributed by atoms with Crippen LogP contribution in [-0.4, -0.2) is 19.2 Å². The molecule has 0 fully saturated rings. The second-order valence-electron chi connectivity index (χ2n) is 8.20. The third-order valence-electron chi connectivity index (χ3n) is 4.85. The van der Waals surface area contributed by atoms with Crippen molar-refractivity contribution in [3.8, 4) is 17.1 Å². The summed E-state index contributed by atoms with van der Waals surface area (Å²) in [6.07, 6.45) is -0.946. The number of fused-ring (bicyclic) bond motifs is 1. The Morgan fingerprint density at radius 1 is 1.07 bits per heavy atom. The molecular formula is C24H26O5. The van der Waals surface area contributed by atoms with Gasteiger partial charge in [0, 0.05) is 5.56 Å². The molecule has 0 radical (unpaired) electrons. The van der Waals surface area contributed by atoms with Crippen LogP contribution >= 0.6 is 0 Å². The predicted molar refractivity (Wildman–Crippen MR) is 113 cm³/mol. The lowest BCUT2D eigenvalue weighted by molar-refractivity contribution is -0.147. The van der Waals surface area contributed by atoms with E-state index in [-0.39, 0.29) is 16.6 Å². The van der Waals surface area contributed by atoms with E-state index >= 15 is 0 Å². The summed E-state index contributed by atoms with van der Waals surface area (Å²) in [5.74, 6) is -0.269. The molecule has 0 N–H and O–H groups in total. The maximum Gasteiger partial charge on any atom is 0.346 e. The van der Waals surface area contributed by atoms with Crippen LogP contribution in [0.3, 0.4) is 0 Å². The molecule has 3 rings (SSSR count). The van der Waals surface area contributed by atoms with Gasteiger partial charge in [-0.2, -0.15) is 0 Å². The smallest absolute Gasteiger partial charge is 0.346 e. The fourth-order valence-electron chi connectivity index (χ4n) is 3.09. The fourth-order valence-corrected chi connectivity index (χ4v) is 3.09. The van der Waals surface area contributed by atoms with Crippen LogP contribution in [0.25, 0.3) is 22.3 Å². The number of aryl methyl sites for hydroxylation is 1. The maximum atomic E-state index is 13.2. The van der Waals surface area contributed by atoms with Gasteiger partial charge in [0.1, 0.15) is 5.58 Å². The number of ether oxygens (including phenoxy) is 2. The summed E-state index contributed by atoms with van der Waals surface area (Å²) in [5.41, 5.74) is 2.99. The Morgan fingerprint density at radius 2 is 1.72 bits per heavy atom. The number of hydrogen-bond acceptors (Lipinski definition) is 5. The molecule has 5 nitrogen and oxygen atoms in total. The standard InChI is InChI=1S/C24H26O5/c1-14-7-12-18-19(13-14)29-21(16-8-10-17(11-9-16)24(3,4)5)22(20(18)25)28-15(2)23(26)27-6/h7-13,15H,1-6H3. The molecule has 0 aliphatic carbocycles. The first kappa shape index (κ1) is 20.6. The van der Waals surface area contributed by atoms with Crippen molar-refractivity contribution in [2.24, 2.45) is 0 Å². The Bertz CT molecular complexity index is 1100. The zero-order valence-electron chi connectivity index (χ0n) is 17.7. The first-order valence-electron chi connectivity index (χ1n) is 9.54. The Kier molecular flexibility index (Phi) is 5.51. The monoisotopic (exact) mass is 394 g/mol. The van der Waals surface area contributed by atoms with E-state index in [1.165, 1.54) is 14.0 Å². The molecule has 5 heteroatoms. The van der Waals surface area contributed by atoms with Crippen LogP contribution in [0.2, 0.25) is 0 Å². The molecule has 0 aliphatic heterocycles. The van der Waals surface area contributed by atoms with E-state index in [9.17, 15) is 9.59 Å². The van der Waals surface area contributed by atoms with Crippen molar-refractivity contribution in [3.05, 3.63) is 63.8 Å². The van der Waals surface area contributed by atoms with Gasteiger partial charge in [0.05, 0.1) is 12.5 Å². The minimum atomic E-state index is -0.946. The largest absolute Gasteiger partial charge is 0.471 e.